The summed E-state index contributed by atoms with van der Waals surface area (Å²) in [5.74, 6) is -0.117. The highest BCUT2D eigenvalue weighted by atomic mass is 16.4. The zero-order valence-corrected chi connectivity index (χ0v) is 12.3. The minimum atomic E-state index is -0.485. The van der Waals surface area contributed by atoms with Crippen molar-refractivity contribution in [3.05, 3.63) is 35.1 Å². The van der Waals surface area contributed by atoms with Gasteiger partial charge in [0.25, 0.3) is 0 Å². The maximum atomic E-state index is 11.9. The molecule has 0 saturated carbocycles. The van der Waals surface area contributed by atoms with Gasteiger partial charge in [-0.15, -0.1) is 5.10 Å². The summed E-state index contributed by atoms with van der Waals surface area (Å²) in [5, 5.41) is 4.22. The van der Waals surface area contributed by atoms with Crippen LogP contribution in [-0.4, -0.2) is 56.7 Å². The lowest BCUT2D eigenvalue weighted by Gasteiger charge is -2.33. The number of piperazine rings is 1. The third-order valence-corrected chi connectivity index (χ3v) is 3.69. The number of rotatable bonds is 3. The molecule has 0 unspecified atom stereocenters. The highest BCUT2D eigenvalue weighted by Crippen LogP contribution is 2.13. The molecule has 1 aliphatic rings. The summed E-state index contributed by atoms with van der Waals surface area (Å²) >= 11 is 0. The van der Waals surface area contributed by atoms with Gasteiger partial charge in [0.1, 0.15) is 6.67 Å². The van der Waals surface area contributed by atoms with Crippen molar-refractivity contribution in [1.29, 1.82) is 0 Å². The average molecular weight is 303 g/mol. The van der Waals surface area contributed by atoms with Crippen LogP contribution in [0.2, 0.25) is 0 Å². The van der Waals surface area contributed by atoms with Crippen LogP contribution in [0.3, 0.4) is 0 Å². The second-order valence-corrected chi connectivity index (χ2v) is 5.17. The molecule has 22 heavy (non-hydrogen) atoms. The molecule has 2 aromatic heterocycles. The molecule has 0 bridgehead atoms. The van der Waals surface area contributed by atoms with Crippen molar-refractivity contribution < 1.29 is 9.21 Å². The van der Waals surface area contributed by atoms with Crippen LogP contribution >= 0.6 is 0 Å². The van der Waals surface area contributed by atoms with Gasteiger partial charge in [-0.05, 0) is 12.1 Å². The number of carbonyl (C=O) groups excluding carboxylic acids is 1. The average Bonchev–Trinajstić information content (AvgIpc) is 2.90. The zero-order chi connectivity index (χ0) is 15.5. The molecule has 3 rings (SSSR count). The van der Waals surface area contributed by atoms with E-state index in [-0.39, 0.29) is 11.8 Å². The Balaban J connectivity index is 1.68. The molecule has 3 heterocycles. The van der Waals surface area contributed by atoms with Crippen LogP contribution < -0.4 is 5.76 Å². The van der Waals surface area contributed by atoms with Gasteiger partial charge >= 0.3 is 5.76 Å². The molecule has 1 fully saturated rings. The Morgan fingerprint density at radius 2 is 1.91 bits per heavy atom. The van der Waals surface area contributed by atoms with E-state index in [0.717, 1.165) is 0 Å². The maximum Gasteiger partial charge on any atom is 0.438 e. The van der Waals surface area contributed by atoms with Crippen molar-refractivity contribution in [1.82, 2.24) is 24.6 Å². The number of carbonyl (C=O) groups is 1. The molecule has 0 spiro atoms. The molecule has 0 radical (unpaired) electrons. The van der Waals surface area contributed by atoms with Gasteiger partial charge in [0.05, 0.1) is 0 Å². The molecule has 0 atom stereocenters. The highest BCUT2D eigenvalue weighted by Gasteiger charge is 2.20. The predicted molar refractivity (Wildman–Crippen MR) is 77.8 cm³/mol. The van der Waals surface area contributed by atoms with E-state index in [4.69, 9.17) is 4.42 Å². The van der Waals surface area contributed by atoms with Crippen molar-refractivity contribution in [2.75, 3.05) is 26.2 Å². The first-order valence-electron chi connectivity index (χ1n) is 7.10. The quantitative estimate of drug-likeness (QED) is 0.795. The van der Waals surface area contributed by atoms with Gasteiger partial charge < -0.3 is 9.32 Å². The molecule has 0 N–H and O–H groups in total. The van der Waals surface area contributed by atoms with Crippen LogP contribution in [0.15, 0.2) is 33.7 Å². The SMILES string of the molecule is CC(=O)N1CCN(Cn2nc(-c3ccncc3)oc2=O)CC1. The molecular formula is C14H17N5O3. The van der Waals surface area contributed by atoms with Gasteiger partial charge in [0, 0.05) is 51.1 Å². The van der Waals surface area contributed by atoms with Crippen molar-refractivity contribution in [2.24, 2.45) is 0 Å². The monoisotopic (exact) mass is 303 g/mol. The summed E-state index contributed by atoms with van der Waals surface area (Å²) in [7, 11) is 0. The lowest BCUT2D eigenvalue weighted by atomic mass is 10.3. The van der Waals surface area contributed by atoms with E-state index in [1.54, 1.807) is 36.4 Å². The number of pyridine rings is 1. The molecule has 0 aromatic carbocycles. The summed E-state index contributed by atoms with van der Waals surface area (Å²) in [5.41, 5.74) is 0.715. The van der Waals surface area contributed by atoms with Gasteiger partial charge in [-0.3, -0.25) is 14.7 Å². The fraction of sp³-hybridized carbons (Fsp3) is 0.429. The lowest BCUT2D eigenvalue weighted by Crippen LogP contribution is -2.49. The van der Waals surface area contributed by atoms with Crippen molar-refractivity contribution in [2.45, 2.75) is 13.6 Å². The van der Waals surface area contributed by atoms with Gasteiger partial charge in [-0.2, -0.15) is 4.68 Å². The van der Waals surface area contributed by atoms with Crippen molar-refractivity contribution in [3.63, 3.8) is 0 Å². The normalized spacial score (nSPS) is 16.0. The fourth-order valence-electron chi connectivity index (χ4n) is 2.40. The van der Waals surface area contributed by atoms with Crippen molar-refractivity contribution >= 4 is 5.91 Å². The third kappa shape index (κ3) is 3.06. The second-order valence-electron chi connectivity index (χ2n) is 5.17. The number of hydrogen-bond acceptors (Lipinski definition) is 6. The number of nitrogens with zero attached hydrogens (tertiary/aromatic N) is 5. The Kier molecular flexibility index (Phi) is 4.01. The Labute approximate surface area is 127 Å². The van der Waals surface area contributed by atoms with E-state index in [1.807, 2.05) is 0 Å². The van der Waals surface area contributed by atoms with Crippen LogP contribution in [0.5, 0.6) is 0 Å². The van der Waals surface area contributed by atoms with E-state index in [1.165, 1.54) is 4.68 Å². The number of hydrogen-bond donors (Lipinski definition) is 0. The van der Waals surface area contributed by atoms with E-state index in [2.05, 4.69) is 15.0 Å². The van der Waals surface area contributed by atoms with Crippen LogP contribution in [0.25, 0.3) is 11.5 Å². The summed E-state index contributed by atoms with van der Waals surface area (Å²) in [4.78, 5) is 31.0. The maximum absolute atomic E-state index is 11.9. The molecule has 8 heteroatoms. The lowest BCUT2D eigenvalue weighted by molar-refractivity contribution is -0.130. The van der Waals surface area contributed by atoms with Gasteiger partial charge in [-0.25, -0.2) is 4.79 Å². The minimum absolute atomic E-state index is 0.0817. The summed E-state index contributed by atoms with van der Waals surface area (Å²) in [6.45, 7) is 4.68. The fourth-order valence-corrected chi connectivity index (χ4v) is 2.40. The van der Waals surface area contributed by atoms with Crippen molar-refractivity contribution in [3.8, 4) is 11.5 Å². The first kappa shape index (κ1) is 14.5. The topological polar surface area (TPSA) is 84.5 Å². The zero-order valence-electron chi connectivity index (χ0n) is 12.3. The van der Waals surface area contributed by atoms with Gasteiger partial charge in [0.15, 0.2) is 0 Å². The molecule has 8 nitrogen and oxygen atoms in total. The van der Waals surface area contributed by atoms with Crippen LogP contribution in [0.4, 0.5) is 0 Å². The molecule has 116 valence electrons. The first-order valence-corrected chi connectivity index (χ1v) is 7.10. The molecule has 1 saturated heterocycles. The van der Waals surface area contributed by atoms with E-state index in [0.29, 0.717) is 38.4 Å². The molecule has 1 aliphatic heterocycles. The third-order valence-electron chi connectivity index (χ3n) is 3.69. The Hall–Kier alpha value is -2.48. The molecule has 1 amide bonds. The Bertz CT molecular complexity index is 701. The Morgan fingerprint density at radius 3 is 2.55 bits per heavy atom. The van der Waals surface area contributed by atoms with Crippen LogP contribution in [0.1, 0.15) is 6.92 Å². The van der Waals surface area contributed by atoms with Crippen LogP contribution in [-0.2, 0) is 11.5 Å². The molecule has 2 aromatic rings. The molecule has 0 aliphatic carbocycles. The number of amides is 1. The number of aromatic nitrogens is 3. The largest absolute Gasteiger partial charge is 0.438 e. The van der Waals surface area contributed by atoms with Gasteiger partial charge in [0.2, 0.25) is 11.8 Å². The summed E-state index contributed by atoms with van der Waals surface area (Å²) < 4.78 is 6.48. The minimum Gasteiger partial charge on any atom is -0.388 e. The summed E-state index contributed by atoms with van der Waals surface area (Å²) in [6, 6.07) is 3.47. The van der Waals surface area contributed by atoms with Crippen LogP contribution in [0, 0.1) is 0 Å². The van der Waals surface area contributed by atoms with E-state index < -0.39 is 5.76 Å². The van der Waals surface area contributed by atoms with E-state index in [9.17, 15) is 9.59 Å². The second kappa shape index (κ2) is 6.10. The Morgan fingerprint density at radius 1 is 1.23 bits per heavy atom. The highest BCUT2D eigenvalue weighted by molar-refractivity contribution is 5.73. The summed E-state index contributed by atoms with van der Waals surface area (Å²) in [6.07, 6.45) is 3.24. The smallest absolute Gasteiger partial charge is 0.388 e. The standard InChI is InChI=1S/C14H17N5O3/c1-11(20)18-8-6-17(7-9-18)10-19-14(21)22-13(16-19)12-2-4-15-5-3-12/h2-5H,6-10H2,1H3. The van der Waals surface area contributed by atoms with Gasteiger partial charge in [-0.1, -0.05) is 0 Å². The molecular weight excluding hydrogens is 286 g/mol. The first-order chi connectivity index (χ1) is 10.6. The van der Waals surface area contributed by atoms with E-state index >= 15 is 0 Å². The predicted octanol–water partition coefficient (Wildman–Crippen LogP) is 0.0199.